The van der Waals surface area contributed by atoms with E-state index >= 15 is 0 Å². The van der Waals surface area contributed by atoms with Crippen molar-refractivity contribution in [1.29, 1.82) is 0 Å². The molecule has 0 fully saturated rings. The van der Waals surface area contributed by atoms with Crippen molar-refractivity contribution in [2.24, 2.45) is 0 Å². The van der Waals surface area contributed by atoms with Crippen LogP contribution in [-0.2, 0) is 4.79 Å². The Labute approximate surface area is 108 Å². The number of rotatable bonds is 5. The molecule has 2 amide bonds. The molecule has 0 heterocycles. The van der Waals surface area contributed by atoms with Gasteiger partial charge in [0.05, 0.1) is 0 Å². The van der Waals surface area contributed by atoms with Crippen molar-refractivity contribution in [1.82, 2.24) is 5.32 Å². The maximum Gasteiger partial charge on any atom is 0.251 e. The molecule has 98 valence electrons. The summed E-state index contributed by atoms with van der Waals surface area (Å²) in [4.78, 5) is 23.2. The van der Waals surface area contributed by atoms with Crippen molar-refractivity contribution in [3.05, 3.63) is 29.8 Å². The topological polar surface area (TPSA) is 58.2 Å². The molecule has 0 saturated carbocycles. The van der Waals surface area contributed by atoms with Crippen molar-refractivity contribution in [3.8, 4) is 0 Å². The Balaban J connectivity index is 2.75. The number of hydrogen-bond donors (Lipinski definition) is 2. The van der Waals surface area contributed by atoms with E-state index in [1.54, 1.807) is 31.2 Å². The zero-order chi connectivity index (χ0) is 13.5. The van der Waals surface area contributed by atoms with E-state index < -0.39 is 0 Å². The highest BCUT2D eigenvalue weighted by Gasteiger charge is 2.09. The van der Waals surface area contributed by atoms with Crippen LogP contribution in [0.3, 0.4) is 0 Å². The van der Waals surface area contributed by atoms with Gasteiger partial charge in [0.15, 0.2) is 0 Å². The molecule has 0 radical (unpaired) electrons. The zero-order valence-corrected chi connectivity index (χ0v) is 11.1. The van der Waals surface area contributed by atoms with Gasteiger partial charge in [-0.1, -0.05) is 19.9 Å². The van der Waals surface area contributed by atoms with E-state index in [2.05, 4.69) is 10.6 Å². The third-order valence-corrected chi connectivity index (χ3v) is 2.72. The summed E-state index contributed by atoms with van der Waals surface area (Å²) in [5, 5.41) is 5.62. The second-order valence-electron chi connectivity index (χ2n) is 4.27. The summed E-state index contributed by atoms with van der Waals surface area (Å²) in [7, 11) is 0. The van der Waals surface area contributed by atoms with E-state index in [9.17, 15) is 9.59 Å². The Morgan fingerprint density at radius 1 is 1.28 bits per heavy atom. The number of amides is 2. The monoisotopic (exact) mass is 248 g/mol. The molecular formula is C14H20N2O2. The van der Waals surface area contributed by atoms with Crippen LogP contribution in [0.2, 0.25) is 0 Å². The summed E-state index contributed by atoms with van der Waals surface area (Å²) < 4.78 is 0. The minimum absolute atomic E-state index is 0.0607. The van der Waals surface area contributed by atoms with Crippen molar-refractivity contribution < 1.29 is 9.59 Å². The summed E-state index contributed by atoms with van der Waals surface area (Å²) in [6, 6.07) is 7.10. The van der Waals surface area contributed by atoms with Crippen LogP contribution in [0.15, 0.2) is 24.3 Å². The normalized spacial score (nSPS) is 11.7. The first kappa shape index (κ1) is 14.2. The van der Waals surface area contributed by atoms with Crippen LogP contribution < -0.4 is 10.6 Å². The maximum atomic E-state index is 11.9. The third kappa shape index (κ3) is 4.20. The number of carbonyl (C=O) groups excluding carboxylic acids is 2. The van der Waals surface area contributed by atoms with Crippen molar-refractivity contribution in [3.63, 3.8) is 0 Å². The van der Waals surface area contributed by atoms with E-state index in [0.717, 1.165) is 6.42 Å². The van der Waals surface area contributed by atoms with Crippen LogP contribution in [0.25, 0.3) is 0 Å². The molecule has 0 spiro atoms. The van der Waals surface area contributed by atoms with E-state index in [4.69, 9.17) is 0 Å². The Bertz CT molecular complexity index is 430. The lowest BCUT2D eigenvalue weighted by Crippen LogP contribution is -2.31. The quantitative estimate of drug-likeness (QED) is 0.841. The Kier molecular flexibility index (Phi) is 5.36. The summed E-state index contributed by atoms with van der Waals surface area (Å²) in [6.45, 7) is 5.76. The van der Waals surface area contributed by atoms with Gasteiger partial charge >= 0.3 is 0 Å². The second-order valence-corrected chi connectivity index (χ2v) is 4.27. The molecule has 0 aliphatic heterocycles. The predicted octanol–water partition coefficient (Wildman–Crippen LogP) is 2.56. The van der Waals surface area contributed by atoms with Crippen LogP contribution in [0.1, 0.15) is 44.0 Å². The lowest BCUT2D eigenvalue weighted by atomic mass is 10.1. The molecule has 1 atom stereocenters. The number of carbonyl (C=O) groups is 2. The van der Waals surface area contributed by atoms with Gasteiger partial charge in [-0.25, -0.2) is 0 Å². The molecule has 0 aromatic heterocycles. The molecular weight excluding hydrogens is 228 g/mol. The lowest BCUT2D eigenvalue weighted by molar-refractivity contribution is -0.115. The minimum atomic E-state index is -0.114. The first-order valence-corrected chi connectivity index (χ1v) is 6.27. The molecule has 0 saturated heterocycles. The molecule has 0 bridgehead atoms. The standard InChI is InChI=1S/C14H20N2O2/c1-4-10(3)15-14(18)11-7-6-8-12(9-11)16-13(17)5-2/h6-10H,4-5H2,1-3H3,(H,15,18)(H,16,17)/t10-/m1/s1. The summed E-state index contributed by atoms with van der Waals surface area (Å²) >= 11 is 0. The van der Waals surface area contributed by atoms with Crippen LogP contribution in [0.5, 0.6) is 0 Å². The highest BCUT2D eigenvalue weighted by Crippen LogP contribution is 2.11. The number of nitrogens with one attached hydrogen (secondary N) is 2. The molecule has 0 aliphatic carbocycles. The average molecular weight is 248 g/mol. The first-order chi connectivity index (χ1) is 8.56. The van der Waals surface area contributed by atoms with Gasteiger partial charge in [0.1, 0.15) is 0 Å². The Hall–Kier alpha value is -1.84. The maximum absolute atomic E-state index is 11.9. The highest BCUT2D eigenvalue weighted by molar-refractivity contribution is 5.97. The molecule has 0 aliphatic rings. The average Bonchev–Trinajstić information content (AvgIpc) is 2.38. The van der Waals surface area contributed by atoms with Crippen molar-refractivity contribution >= 4 is 17.5 Å². The fraction of sp³-hybridized carbons (Fsp3) is 0.429. The largest absolute Gasteiger partial charge is 0.350 e. The van der Waals surface area contributed by atoms with Gasteiger partial charge in [0, 0.05) is 23.7 Å². The van der Waals surface area contributed by atoms with Crippen LogP contribution in [0.4, 0.5) is 5.69 Å². The second kappa shape index (κ2) is 6.79. The van der Waals surface area contributed by atoms with E-state index in [1.807, 2.05) is 13.8 Å². The number of benzene rings is 1. The van der Waals surface area contributed by atoms with Crippen molar-refractivity contribution in [2.45, 2.75) is 39.7 Å². The van der Waals surface area contributed by atoms with E-state index in [0.29, 0.717) is 17.7 Å². The lowest BCUT2D eigenvalue weighted by Gasteiger charge is -2.12. The molecule has 0 unspecified atom stereocenters. The van der Waals surface area contributed by atoms with Crippen LogP contribution in [-0.4, -0.2) is 17.9 Å². The highest BCUT2D eigenvalue weighted by atomic mass is 16.2. The summed E-state index contributed by atoms with van der Waals surface area (Å²) in [6.07, 6.45) is 1.31. The van der Waals surface area contributed by atoms with Gasteiger partial charge in [0.2, 0.25) is 5.91 Å². The van der Waals surface area contributed by atoms with E-state index in [-0.39, 0.29) is 17.9 Å². The smallest absolute Gasteiger partial charge is 0.251 e. The van der Waals surface area contributed by atoms with Gasteiger partial charge in [-0.05, 0) is 31.5 Å². The third-order valence-electron chi connectivity index (χ3n) is 2.72. The molecule has 1 rings (SSSR count). The minimum Gasteiger partial charge on any atom is -0.350 e. The van der Waals surface area contributed by atoms with Crippen molar-refractivity contribution in [2.75, 3.05) is 5.32 Å². The number of anilines is 1. The van der Waals surface area contributed by atoms with Gasteiger partial charge in [-0.2, -0.15) is 0 Å². The summed E-state index contributed by atoms with van der Waals surface area (Å²) in [5.41, 5.74) is 1.21. The molecule has 1 aromatic rings. The Morgan fingerprint density at radius 2 is 2.00 bits per heavy atom. The SMILES string of the molecule is CCC(=O)Nc1cccc(C(=O)N[C@H](C)CC)c1. The van der Waals surface area contributed by atoms with E-state index in [1.165, 1.54) is 0 Å². The first-order valence-electron chi connectivity index (χ1n) is 6.27. The molecule has 18 heavy (non-hydrogen) atoms. The molecule has 4 nitrogen and oxygen atoms in total. The molecule has 2 N–H and O–H groups in total. The summed E-state index contributed by atoms with van der Waals surface area (Å²) in [5.74, 6) is -0.175. The van der Waals surface area contributed by atoms with Gasteiger partial charge < -0.3 is 10.6 Å². The number of hydrogen-bond acceptors (Lipinski definition) is 2. The van der Waals surface area contributed by atoms with Crippen LogP contribution >= 0.6 is 0 Å². The molecule has 1 aromatic carbocycles. The zero-order valence-electron chi connectivity index (χ0n) is 11.1. The van der Waals surface area contributed by atoms with Gasteiger partial charge in [-0.15, -0.1) is 0 Å². The van der Waals surface area contributed by atoms with Gasteiger partial charge in [-0.3, -0.25) is 9.59 Å². The van der Waals surface area contributed by atoms with Crippen LogP contribution in [0, 0.1) is 0 Å². The van der Waals surface area contributed by atoms with Gasteiger partial charge in [0.25, 0.3) is 5.91 Å². The Morgan fingerprint density at radius 3 is 2.61 bits per heavy atom. The fourth-order valence-electron chi connectivity index (χ4n) is 1.40. The predicted molar refractivity (Wildman–Crippen MR) is 72.6 cm³/mol. The fourth-order valence-corrected chi connectivity index (χ4v) is 1.40. The molecule has 4 heteroatoms.